The van der Waals surface area contributed by atoms with Crippen LogP contribution in [0.2, 0.25) is 0 Å². The van der Waals surface area contributed by atoms with Gasteiger partial charge in [-0.2, -0.15) is 0 Å². The zero-order chi connectivity index (χ0) is 16.5. The summed E-state index contributed by atoms with van der Waals surface area (Å²) in [6.07, 6.45) is 2.42. The second-order valence-corrected chi connectivity index (χ2v) is 9.96. The number of hydrogen-bond acceptors (Lipinski definition) is 6. The molecule has 124 valence electrons. The molecule has 1 amide bonds. The number of amides is 1. The Hall–Kier alpha value is -0.600. The van der Waals surface area contributed by atoms with Crippen molar-refractivity contribution in [2.24, 2.45) is 5.92 Å². The smallest absolute Gasteiger partial charge is 0.267 e. The highest BCUT2D eigenvalue weighted by Gasteiger charge is 2.35. The summed E-state index contributed by atoms with van der Waals surface area (Å²) in [6.45, 7) is 7.35. The number of thioether (sulfide) groups is 1. The first kappa shape index (κ1) is 17.7. The van der Waals surface area contributed by atoms with Crippen LogP contribution in [0.3, 0.4) is 0 Å². The summed E-state index contributed by atoms with van der Waals surface area (Å²) in [5, 5.41) is 0. The molecule has 0 spiro atoms. The lowest BCUT2D eigenvalue weighted by Crippen LogP contribution is -2.34. The Bertz CT molecular complexity index is 598. The third-order valence-electron chi connectivity index (χ3n) is 3.75. The van der Waals surface area contributed by atoms with E-state index in [1.807, 2.05) is 25.7 Å². The van der Waals surface area contributed by atoms with Crippen LogP contribution < -0.4 is 0 Å². The number of thiocarbonyl (C=S) groups is 1. The summed E-state index contributed by atoms with van der Waals surface area (Å²) in [5.74, 6) is 0.687. The normalized spacial score (nSPS) is 26.5. The first-order chi connectivity index (χ1) is 10.2. The molecule has 0 bridgehead atoms. The van der Waals surface area contributed by atoms with E-state index in [2.05, 4.69) is 0 Å². The van der Waals surface area contributed by atoms with E-state index in [0.717, 1.165) is 0 Å². The Labute approximate surface area is 142 Å². The van der Waals surface area contributed by atoms with E-state index in [9.17, 15) is 13.2 Å². The highest BCUT2D eigenvalue weighted by molar-refractivity contribution is 8.26. The lowest BCUT2D eigenvalue weighted by Gasteiger charge is -2.25. The summed E-state index contributed by atoms with van der Waals surface area (Å²) in [5.41, 5.74) is 0. The molecule has 0 aromatic rings. The van der Waals surface area contributed by atoms with Crippen LogP contribution in [-0.2, 0) is 14.6 Å². The van der Waals surface area contributed by atoms with Gasteiger partial charge in [0.05, 0.1) is 16.4 Å². The van der Waals surface area contributed by atoms with Crippen molar-refractivity contribution >= 4 is 44.0 Å². The van der Waals surface area contributed by atoms with Gasteiger partial charge in [0.15, 0.2) is 9.84 Å². The maximum absolute atomic E-state index is 12.4. The molecular weight excluding hydrogens is 340 g/mol. The SMILES string of the molecule is CCN(/C=C1\SC(=S)N(CC(C)C)C1=O)[C@H]1CCS(=O)(=O)C1. The zero-order valence-electron chi connectivity index (χ0n) is 13.1. The summed E-state index contributed by atoms with van der Waals surface area (Å²) in [6, 6.07) is -0.0383. The van der Waals surface area contributed by atoms with E-state index in [4.69, 9.17) is 12.2 Å². The zero-order valence-corrected chi connectivity index (χ0v) is 15.6. The number of rotatable bonds is 5. The van der Waals surface area contributed by atoms with Gasteiger partial charge in [-0.15, -0.1) is 0 Å². The minimum Gasteiger partial charge on any atom is -0.373 e. The number of carbonyl (C=O) groups excluding carboxylic acids is 1. The Morgan fingerprint density at radius 1 is 1.50 bits per heavy atom. The van der Waals surface area contributed by atoms with Gasteiger partial charge in [0.25, 0.3) is 5.91 Å². The number of carbonyl (C=O) groups is 1. The molecule has 0 aromatic heterocycles. The Morgan fingerprint density at radius 3 is 2.68 bits per heavy atom. The fourth-order valence-electron chi connectivity index (χ4n) is 2.66. The summed E-state index contributed by atoms with van der Waals surface area (Å²) in [7, 11) is -2.93. The van der Waals surface area contributed by atoms with Gasteiger partial charge in [-0.25, -0.2) is 8.42 Å². The molecule has 2 aliphatic heterocycles. The van der Waals surface area contributed by atoms with E-state index in [0.29, 0.717) is 34.7 Å². The van der Waals surface area contributed by atoms with Crippen LogP contribution in [0.15, 0.2) is 11.1 Å². The van der Waals surface area contributed by atoms with Crippen molar-refractivity contribution in [2.75, 3.05) is 24.6 Å². The maximum atomic E-state index is 12.4. The van der Waals surface area contributed by atoms with Crippen LogP contribution >= 0.6 is 24.0 Å². The topological polar surface area (TPSA) is 57.7 Å². The first-order valence-corrected chi connectivity index (χ1v) is 10.5. The van der Waals surface area contributed by atoms with Crippen LogP contribution in [0, 0.1) is 5.92 Å². The van der Waals surface area contributed by atoms with Crippen molar-refractivity contribution in [3.63, 3.8) is 0 Å². The van der Waals surface area contributed by atoms with E-state index < -0.39 is 9.84 Å². The molecule has 0 N–H and O–H groups in total. The molecule has 0 saturated carbocycles. The first-order valence-electron chi connectivity index (χ1n) is 7.45. The van der Waals surface area contributed by atoms with Gasteiger partial charge < -0.3 is 4.90 Å². The predicted molar refractivity (Wildman–Crippen MR) is 94.3 cm³/mol. The van der Waals surface area contributed by atoms with Crippen molar-refractivity contribution in [3.8, 4) is 0 Å². The van der Waals surface area contributed by atoms with Gasteiger partial charge >= 0.3 is 0 Å². The molecule has 22 heavy (non-hydrogen) atoms. The Kier molecular flexibility index (Phi) is 5.55. The van der Waals surface area contributed by atoms with Crippen LogP contribution in [-0.4, -0.2) is 59.1 Å². The van der Waals surface area contributed by atoms with Crippen molar-refractivity contribution in [1.29, 1.82) is 0 Å². The number of hydrogen-bond donors (Lipinski definition) is 0. The minimum absolute atomic E-state index is 0.0383. The van der Waals surface area contributed by atoms with Gasteiger partial charge in [0.1, 0.15) is 4.32 Å². The third kappa shape index (κ3) is 4.02. The largest absolute Gasteiger partial charge is 0.373 e. The summed E-state index contributed by atoms with van der Waals surface area (Å²) >= 11 is 6.59. The Morgan fingerprint density at radius 2 is 2.18 bits per heavy atom. The molecule has 2 aliphatic rings. The fourth-order valence-corrected chi connectivity index (χ4v) is 5.67. The molecule has 0 unspecified atom stereocenters. The van der Waals surface area contributed by atoms with Crippen LogP contribution in [0.25, 0.3) is 0 Å². The average molecular weight is 363 g/mol. The van der Waals surface area contributed by atoms with E-state index >= 15 is 0 Å². The van der Waals surface area contributed by atoms with Crippen molar-refractivity contribution in [3.05, 3.63) is 11.1 Å². The monoisotopic (exact) mass is 362 g/mol. The molecule has 0 aromatic carbocycles. The Balaban J connectivity index is 2.14. The van der Waals surface area contributed by atoms with E-state index in [-0.39, 0.29) is 23.5 Å². The molecule has 8 heteroatoms. The van der Waals surface area contributed by atoms with E-state index in [1.165, 1.54) is 11.8 Å². The third-order valence-corrected chi connectivity index (χ3v) is 6.86. The molecule has 2 saturated heterocycles. The standard InChI is InChI=1S/C14H22N2O3S3/c1-4-15(11-5-6-22(18,19)9-11)8-12-13(17)16(7-10(2)3)14(20)21-12/h8,10-11H,4-7,9H2,1-3H3/b12-8-/t11-/m0/s1. The van der Waals surface area contributed by atoms with Crippen LogP contribution in [0.1, 0.15) is 27.2 Å². The van der Waals surface area contributed by atoms with Crippen molar-refractivity contribution < 1.29 is 13.2 Å². The van der Waals surface area contributed by atoms with Crippen molar-refractivity contribution in [2.45, 2.75) is 33.2 Å². The molecule has 0 aliphatic carbocycles. The van der Waals surface area contributed by atoms with Crippen LogP contribution in [0.4, 0.5) is 0 Å². The maximum Gasteiger partial charge on any atom is 0.267 e. The molecule has 2 fully saturated rings. The molecule has 5 nitrogen and oxygen atoms in total. The lowest BCUT2D eigenvalue weighted by atomic mass is 10.2. The second-order valence-electron chi connectivity index (χ2n) is 6.06. The van der Waals surface area contributed by atoms with Gasteiger partial charge in [0, 0.05) is 25.3 Å². The highest BCUT2D eigenvalue weighted by atomic mass is 32.2. The van der Waals surface area contributed by atoms with Crippen molar-refractivity contribution in [1.82, 2.24) is 9.80 Å². The summed E-state index contributed by atoms with van der Waals surface area (Å²) < 4.78 is 23.9. The van der Waals surface area contributed by atoms with E-state index in [1.54, 1.807) is 11.1 Å². The second kappa shape index (κ2) is 6.88. The summed E-state index contributed by atoms with van der Waals surface area (Å²) in [4.78, 5) is 16.6. The van der Waals surface area contributed by atoms with Crippen LogP contribution in [0.5, 0.6) is 0 Å². The van der Waals surface area contributed by atoms with Gasteiger partial charge in [-0.1, -0.05) is 37.8 Å². The molecular formula is C14H22N2O3S3. The fraction of sp³-hybridized carbons (Fsp3) is 0.714. The molecule has 1 atom stereocenters. The van der Waals surface area contributed by atoms with Gasteiger partial charge in [-0.3, -0.25) is 9.69 Å². The average Bonchev–Trinajstić information content (AvgIpc) is 2.90. The number of sulfone groups is 1. The van der Waals surface area contributed by atoms with Gasteiger partial charge in [-0.05, 0) is 19.3 Å². The highest BCUT2D eigenvalue weighted by Crippen LogP contribution is 2.32. The minimum atomic E-state index is -2.93. The van der Waals surface area contributed by atoms with Gasteiger partial charge in [0.2, 0.25) is 0 Å². The lowest BCUT2D eigenvalue weighted by molar-refractivity contribution is -0.122. The molecule has 2 rings (SSSR count). The quantitative estimate of drug-likeness (QED) is 0.550. The number of nitrogens with zero attached hydrogens (tertiary/aromatic N) is 2. The molecule has 0 radical (unpaired) electrons. The predicted octanol–water partition coefficient (Wildman–Crippen LogP) is 1.85. The molecule has 2 heterocycles.